The summed E-state index contributed by atoms with van der Waals surface area (Å²) in [7, 11) is 0. The monoisotopic (exact) mass is 431 g/mol. The van der Waals surface area contributed by atoms with E-state index in [1.165, 1.54) is 0 Å². The van der Waals surface area contributed by atoms with Gasteiger partial charge in [0.15, 0.2) is 0 Å². The third-order valence-electron chi connectivity index (χ3n) is 6.96. The zero-order valence-electron chi connectivity index (χ0n) is 18.3. The summed E-state index contributed by atoms with van der Waals surface area (Å²) in [6.45, 7) is 2.46. The van der Waals surface area contributed by atoms with Crippen LogP contribution in [0.3, 0.4) is 0 Å². The summed E-state index contributed by atoms with van der Waals surface area (Å²) in [6, 6.07) is 14.5. The minimum absolute atomic E-state index is 0.0385. The summed E-state index contributed by atoms with van der Waals surface area (Å²) in [4.78, 5) is 45.6. The number of hydrogen-bond acceptors (Lipinski definition) is 3. The van der Waals surface area contributed by atoms with Crippen LogP contribution in [0.25, 0.3) is 0 Å². The molecule has 5 rings (SSSR count). The summed E-state index contributed by atoms with van der Waals surface area (Å²) in [5, 5.41) is 0. The number of anilines is 1. The molecule has 166 valence electrons. The Balaban J connectivity index is 1.51. The van der Waals surface area contributed by atoms with Crippen LogP contribution in [0.1, 0.15) is 64.8 Å². The SMILES string of the molecule is O=C(c1ccccc1CN1C(=O)[C@H]2CCCN2C(=O)c2ccccc21)N1CCCCCC1. The van der Waals surface area contributed by atoms with E-state index in [0.717, 1.165) is 50.8 Å². The molecule has 2 aromatic carbocycles. The van der Waals surface area contributed by atoms with Crippen LogP contribution < -0.4 is 4.90 Å². The fraction of sp³-hybridized carbons (Fsp3) is 0.423. The molecule has 3 aliphatic rings. The van der Waals surface area contributed by atoms with Gasteiger partial charge in [-0.3, -0.25) is 14.4 Å². The lowest BCUT2D eigenvalue weighted by Gasteiger charge is -2.27. The highest BCUT2D eigenvalue weighted by atomic mass is 16.2. The Morgan fingerprint density at radius 2 is 1.56 bits per heavy atom. The van der Waals surface area contributed by atoms with Crippen molar-refractivity contribution < 1.29 is 14.4 Å². The number of carbonyl (C=O) groups excluding carboxylic acids is 3. The van der Waals surface area contributed by atoms with Gasteiger partial charge >= 0.3 is 0 Å². The Labute approximate surface area is 188 Å². The van der Waals surface area contributed by atoms with Crippen molar-refractivity contribution >= 4 is 23.4 Å². The highest BCUT2D eigenvalue weighted by Crippen LogP contribution is 2.33. The largest absolute Gasteiger partial charge is 0.339 e. The van der Waals surface area contributed by atoms with Crippen LogP contribution in [0, 0.1) is 0 Å². The lowest BCUT2D eigenvalue weighted by Crippen LogP contribution is -2.44. The van der Waals surface area contributed by atoms with E-state index < -0.39 is 6.04 Å². The Kier molecular flexibility index (Phi) is 5.68. The average molecular weight is 432 g/mol. The molecule has 3 heterocycles. The molecule has 0 bridgehead atoms. The van der Waals surface area contributed by atoms with Crippen LogP contribution in [0.4, 0.5) is 5.69 Å². The van der Waals surface area contributed by atoms with Gasteiger partial charge in [0.1, 0.15) is 6.04 Å². The van der Waals surface area contributed by atoms with E-state index in [1.54, 1.807) is 15.9 Å². The third-order valence-corrected chi connectivity index (χ3v) is 6.96. The van der Waals surface area contributed by atoms with Gasteiger partial charge in [0, 0.05) is 25.2 Å². The minimum atomic E-state index is -0.427. The Bertz CT molecular complexity index is 1040. The van der Waals surface area contributed by atoms with Gasteiger partial charge < -0.3 is 14.7 Å². The van der Waals surface area contributed by atoms with E-state index >= 15 is 0 Å². The maximum atomic E-state index is 13.6. The number of nitrogens with zero attached hydrogens (tertiary/aromatic N) is 3. The van der Waals surface area contributed by atoms with Crippen molar-refractivity contribution in [2.24, 2.45) is 0 Å². The molecule has 0 aromatic heterocycles. The molecule has 3 amide bonds. The van der Waals surface area contributed by atoms with Crippen molar-refractivity contribution in [3.8, 4) is 0 Å². The van der Waals surface area contributed by atoms with Crippen LogP contribution >= 0.6 is 0 Å². The van der Waals surface area contributed by atoms with Crippen LogP contribution in [-0.2, 0) is 11.3 Å². The number of para-hydroxylation sites is 1. The lowest BCUT2D eigenvalue weighted by atomic mass is 10.0. The number of hydrogen-bond donors (Lipinski definition) is 0. The quantitative estimate of drug-likeness (QED) is 0.742. The molecule has 2 aromatic rings. The van der Waals surface area contributed by atoms with E-state index in [-0.39, 0.29) is 24.3 Å². The van der Waals surface area contributed by atoms with Crippen LogP contribution in [0.2, 0.25) is 0 Å². The highest BCUT2D eigenvalue weighted by molar-refractivity contribution is 6.11. The van der Waals surface area contributed by atoms with Crippen molar-refractivity contribution in [3.63, 3.8) is 0 Å². The molecule has 0 saturated carbocycles. The number of rotatable bonds is 3. The van der Waals surface area contributed by atoms with Crippen LogP contribution in [0.5, 0.6) is 0 Å². The molecule has 0 N–H and O–H groups in total. The van der Waals surface area contributed by atoms with Crippen LogP contribution in [-0.4, -0.2) is 53.2 Å². The van der Waals surface area contributed by atoms with E-state index in [0.29, 0.717) is 29.8 Å². The first-order chi connectivity index (χ1) is 15.6. The highest BCUT2D eigenvalue weighted by Gasteiger charge is 2.42. The molecule has 32 heavy (non-hydrogen) atoms. The molecule has 0 spiro atoms. The fourth-order valence-electron chi connectivity index (χ4n) is 5.25. The predicted octanol–water partition coefficient (Wildman–Crippen LogP) is 3.85. The number of amides is 3. The van der Waals surface area contributed by atoms with Gasteiger partial charge in [-0.25, -0.2) is 0 Å². The van der Waals surface area contributed by atoms with Gasteiger partial charge in [0.05, 0.1) is 17.8 Å². The standard InChI is InChI=1S/C26H29N3O3/c30-24(27-15-7-1-2-8-16-27)20-11-4-3-10-19(20)18-29-22-13-6-5-12-21(22)25(31)28-17-9-14-23(28)26(29)32/h3-6,10-13,23H,1-2,7-9,14-18H2/t23-/m1/s1. The molecular formula is C26H29N3O3. The van der Waals surface area contributed by atoms with Crippen molar-refractivity contribution in [2.45, 2.75) is 51.1 Å². The summed E-state index contributed by atoms with van der Waals surface area (Å²) < 4.78 is 0. The average Bonchev–Trinajstić information content (AvgIpc) is 3.13. The molecule has 1 atom stereocenters. The Morgan fingerprint density at radius 3 is 2.38 bits per heavy atom. The smallest absolute Gasteiger partial charge is 0.256 e. The summed E-state index contributed by atoms with van der Waals surface area (Å²) >= 11 is 0. The molecule has 6 heteroatoms. The van der Waals surface area contributed by atoms with E-state index in [2.05, 4.69) is 0 Å². The number of carbonyl (C=O) groups is 3. The zero-order chi connectivity index (χ0) is 22.1. The van der Waals surface area contributed by atoms with Gasteiger partial charge in [-0.2, -0.15) is 0 Å². The van der Waals surface area contributed by atoms with Gasteiger partial charge in [-0.1, -0.05) is 43.2 Å². The number of benzene rings is 2. The van der Waals surface area contributed by atoms with Crippen LogP contribution in [0.15, 0.2) is 48.5 Å². The summed E-state index contributed by atoms with van der Waals surface area (Å²) in [6.07, 6.45) is 5.91. The minimum Gasteiger partial charge on any atom is -0.339 e. The third kappa shape index (κ3) is 3.68. The second-order valence-corrected chi connectivity index (χ2v) is 8.96. The van der Waals surface area contributed by atoms with E-state index in [1.807, 2.05) is 47.4 Å². The van der Waals surface area contributed by atoms with Crippen molar-refractivity contribution in [3.05, 3.63) is 65.2 Å². The second-order valence-electron chi connectivity index (χ2n) is 8.96. The first-order valence-electron chi connectivity index (χ1n) is 11.7. The maximum absolute atomic E-state index is 13.6. The summed E-state index contributed by atoms with van der Waals surface area (Å²) in [5.74, 6) is -0.0951. The van der Waals surface area contributed by atoms with Crippen molar-refractivity contribution in [2.75, 3.05) is 24.5 Å². The Morgan fingerprint density at radius 1 is 0.844 bits per heavy atom. The molecule has 3 aliphatic heterocycles. The normalized spacial score (nSPS) is 21.1. The van der Waals surface area contributed by atoms with E-state index in [9.17, 15) is 14.4 Å². The molecule has 0 unspecified atom stereocenters. The fourth-order valence-corrected chi connectivity index (χ4v) is 5.25. The Hall–Kier alpha value is -3.15. The molecule has 0 radical (unpaired) electrons. The molecular weight excluding hydrogens is 402 g/mol. The zero-order valence-corrected chi connectivity index (χ0v) is 18.3. The van der Waals surface area contributed by atoms with Gasteiger partial charge in [0.25, 0.3) is 11.8 Å². The lowest BCUT2D eigenvalue weighted by molar-refractivity contribution is -0.122. The predicted molar refractivity (Wildman–Crippen MR) is 123 cm³/mol. The summed E-state index contributed by atoms with van der Waals surface area (Å²) in [5.41, 5.74) is 2.66. The first kappa shape index (κ1) is 20.7. The molecule has 0 aliphatic carbocycles. The molecule has 2 saturated heterocycles. The van der Waals surface area contributed by atoms with E-state index in [4.69, 9.17) is 0 Å². The van der Waals surface area contributed by atoms with Gasteiger partial charge in [-0.05, 0) is 49.4 Å². The topological polar surface area (TPSA) is 60.9 Å². The maximum Gasteiger partial charge on any atom is 0.256 e. The molecule has 2 fully saturated rings. The number of fused-ring (bicyclic) bond motifs is 2. The first-order valence-corrected chi connectivity index (χ1v) is 11.7. The van der Waals surface area contributed by atoms with Gasteiger partial charge in [0.2, 0.25) is 5.91 Å². The number of likely N-dealkylation sites (tertiary alicyclic amines) is 1. The second kappa shape index (κ2) is 8.77. The van der Waals surface area contributed by atoms with Crippen molar-refractivity contribution in [1.29, 1.82) is 0 Å². The molecule has 6 nitrogen and oxygen atoms in total. The van der Waals surface area contributed by atoms with Crippen molar-refractivity contribution in [1.82, 2.24) is 9.80 Å². The van der Waals surface area contributed by atoms with Gasteiger partial charge in [-0.15, -0.1) is 0 Å².